The summed E-state index contributed by atoms with van der Waals surface area (Å²) in [5, 5.41) is 3.20. The fraction of sp³-hybridized carbons (Fsp3) is 0.600. The minimum Gasteiger partial charge on any atom is -0.363 e. The lowest BCUT2D eigenvalue weighted by Gasteiger charge is -2.32. The summed E-state index contributed by atoms with van der Waals surface area (Å²) in [7, 11) is 3.64. The fourth-order valence-electron chi connectivity index (χ4n) is 2.57. The summed E-state index contributed by atoms with van der Waals surface area (Å²) < 4.78 is 24.7. The third-order valence-corrected chi connectivity index (χ3v) is 4.01. The Balaban J connectivity index is 1.93. The number of amides is 1. The van der Waals surface area contributed by atoms with Crippen molar-refractivity contribution in [2.45, 2.75) is 25.3 Å². The van der Waals surface area contributed by atoms with Crippen LogP contribution in [-0.4, -0.2) is 62.0 Å². The second-order valence-electron chi connectivity index (χ2n) is 5.87. The Morgan fingerprint density at radius 2 is 2.09 bits per heavy atom. The molecule has 1 aliphatic heterocycles. The van der Waals surface area contributed by atoms with Crippen LogP contribution < -0.4 is 10.2 Å². The summed E-state index contributed by atoms with van der Waals surface area (Å²) in [6.45, 7) is 0.928. The number of nitrogens with zero attached hydrogens (tertiary/aromatic N) is 3. The van der Waals surface area contributed by atoms with Crippen molar-refractivity contribution in [3.63, 3.8) is 0 Å². The van der Waals surface area contributed by atoms with Gasteiger partial charge in [0.15, 0.2) is 0 Å². The van der Waals surface area contributed by atoms with Crippen LogP contribution in [0.3, 0.4) is 0 Å². The van der Waals surface area contributed by atoms with E-state index in [-0.39, 0.29) is 23.6 Å². The minimum absolute atomic E-state index is 0.00818. The van der Waals surface area contributed by atoms with Crippen LogP contribution in [0.25, 0.3) is 0 Å². The smallest absolute Gasteiger partial charge is 0.251 e. The maximum absolute atomic E-state index is 12.4. The summed E-state index contributed by atoms with van der Waals surface area (Å²) in [5.41, 5.74) is 0.448. The number of carbonyl (C=O) groups is 1. The summed E-state index contributed by atoms with van der Waals surface area (Å²) in [5.74, 6) is 0.388. The fourth-order valence-corrected chi connectivity index (χ4v) is 2.77. The van der Waals surface area contributed by atoms with E-state index in [9.17, 15) is 13.6 Å². The lowest BCUT2D eigenvalue weighted by Crippen LogP contribution is -2.45. The zero-order chi connectivity index (χ0) is 17.0. The highest BCUT2D eigenvalue weighted by Gasteiger charge is 2.23. The molecule has 0 aliphatic carbocycles. The minimum atomic E-state index is -2.32. The summed E-state index contributed by atoms with van der Waals surface area (Å²) in [6, 6.07) is 3.19. The molecule has 5 nitrogen and oxygen atoms in total. The van der Waals surface area contributed by atoms with Gasteiger partial charge in [0.2, 0.25) is 0 Å². The average molecular weight is 347 g/mol. The van der Waals surface area contributed by atoms with Crippen molar-refractivity contribution in [3.05, 3.63) is 22.8 Å². The molecule has 1 aromatic rings. The van der Waals surface area contributed by atoms with E-state index in [4.69, 9.17) is 11.6 Å². The van der Waals surface area contributed by atoms with E-state index in [1.165, 1.54) is 6.07 Å². The molecule has 2 heterocycles. The quantitative estimate of drug-likeness (QED) is 0.831. The summed E-state index contributed by atoms with van der Waals surface area (Å²) in [4.78, 5) is 20.0. The number of nitrogens with one attached hydrogen (secondary N) is 1. The Kier molecular flexibility index (Phi) is 6.12. The first kappa shape index (κ1) is 17.9. The highest BCUT2D eigenvalue weighted by atomic mass is 35.5. The van der Waals surface area contributed by atoms with E-state index < -0.39 is 6.43 Å². The molecule has 1 aromatic heterocycles. The molecular weight excluding hydrogens is 326 g/mol. The second kappa shape index (κ2) is 7.88. The normalized spacial score (nSPS) is 16.6. The molecule has 8 heteroatoms. The zero-order valence-electron chi connectivity index (χ0n) is 13.2. The molecule has 1 N–H and O–H groups in total. The number of carbonyl (C=O) groups excluding carboxylic acids is 1. The van der Waals surface area contributed by atoms with E-state index in [1.54, 1.807) is 15.9 Å². The van der Waals surface area contributed by atoms with Crippen molar-refractivity contribution in [2.24, 2.45) is 0 Å². The Morgan fingerprint density at radius 1 is 1.43 bits per heavy atom. The molecule has 0 bridgehead atoms. The zero-order valence-corrected chi connectivity index (χ0v) is 14.0. The number of hydrogen-bond acceptors (Lipinski definition) is 4. The lowest BCUT2D eigenvalue weighted by molar-refractivity contribution is 0.0696. The number of pyridine rings is 1. The number of anilines is 1. The van der Waals surface area contributed by atoms with Crippen LogP contribution in [0.15, 0.2) is 12.1 Å². The standard InChI is InChI=1S/C15H21ClF2N4O/c1-21(2)14-8-10(7-12(16)20-14)15(23)19-11-3-5-22(6-4-11)9-13(17)18/h7-8,11,13H,3-6,9H2,1-2H3,(H,19,23). The Hall–Kier alpha value is -1.47. The molecule has 1 aliphatic rings. The molecule has 0 unspecified atom stereocenters. The molecular formula is C15H21ClF2N4O. The molecule has 1 fully saturated rings. The van der Waals surface area contributed by atoms with Crippen LogP contribution in [-0.2, 0) is 0 Å². The predicted molar refractivity (Wildman–Crippen MR) is 86.5 cm³/mol. The maximum Gasteiger partial charge on any atom is 0.251 e. The first-order valence-electron chi connectivity index (χ1n) is 7.51. The highest BCUT2D eigenvalue weighted by molar-refractivity contribution is 6.29. The largest absolute Gasteiger partial charge is 0.363 e. The molecule has 2 rings (SSSR count). The van der Waals surface area contributed by atoms with Gasteiger partial charge in [0.05, 0.1) is 6.54 Å². The van der Waals surface area contributed by atoms with E-state index in [1.807, 2.05) is 14.1 Å². The van der Waals surface area contributed by atoms with Crippen molar-refractivity contribution in [1.82, 2.24) is 15.2 Å². The second-order valence-corrected chi connectivity index (χ2v) is 6.26. The van der Waals surface area contributed by atoms with Crippen molar-refractivity contribution in [1.29, 1.82) is 0 Å². The van der Waals surface area contributed by atoms with Gasteiger partial charge in [-0.05, 0) is 25.0 Å². The van der Waals surface area contributed by atoms with Crippen molar-refractivity contribution in [2.75, 3.05) is 38.6 Å². The SMILES string of the molecule is CN(C)c1cc(C(=O)NC2CCN(CC(F)F)CC2)cc(Cl)n1. The van der Waals surface area contributed by atoms with Gasteiger partial charge < -0.3 is 10.2 Å². The van der Waals surface area contributed by atoms with Gasteiger partial charge in [-0.25, -0.2) is 13.8 Å². The first-order valence-corrected chi connectivity index (χ1v) is 7.89. The number of piperidine rings is 1. The summed E-state index contributed by atoms with van der Waals surface area (Å²) in [6.07, 6.45) is -0.986. The molecule has 0 spiro atoms. The van der Waals surface area contributed by atoms with Crippen LogP contribution in [0, 0.1) is 0 Å². The van der Waals surface area contributed by atoms with Crippen LogP contribution in [0.4, 0.5) is 14.6 Å². The van der Waals surface area contributed by atoms with E-state index in [0.29, 0.717) is 37.3 Å². The predicted octanol–water partition coefficient (Wildman–Crippen LogP) is 2.26. The average Bonchev–Trinajstić information content (AvgIpc) is 2.48. The van der Waals surface area contributed by atoms with Crippen LogP contribution >= 0.6 is 11.6 Å². The van der Waals surface area contributed by atoms with E-state index >= 15 is 0 Å². The van der Waals surface area contributed by atoms with E-state index in [0.717, 1.165) is 0 Å². The first-order chi connectivity index (χ1) is 10.8. The Bertz CT molecular complexity index is 548. The van der Waals surface area contributed by atoms with Crippen LogP contribution in [0.2, 0.25) is 5.15 Å². The molecule has 0 saturated carbocycles. The summed E-state index contributed by atoms with van der Waals surface area (Å²) >= 11 is 5.95. The highest BCUT2D eigenvalue weighted by Crippen LogP contribution is 2.18. The number of hydrogen-bond donors (Lipinski definition) is 1. The molecule has 0 aromatic carbocycles. The van der Waals surface area contributed by atoms with Gasteiger partial charge in [-0.2, -0.15) is 0 Å². The number of rotatable bonds is 5. The Labute approximate surface area is 139 Å². The number of aromatic nitrogens is 1. The Morgan fingerprint density at radius 3 is 2.65 bits per heavy atom. The number of alkyl halides is 2. The number of halogens is 3. The van der Waals surface area contributed by atoms with Crippen LogP contribution in [0.1, 0.15) is 23.2 Å². The molecule has 23 heavy (non-hydrogen) atoms. The third-order valence-electron chi connectivity index (χ3n) is 3.82. The van der Waals surface area contributed by atoms with Crippen molar-refractivity contribution in [3.8, 4) is 0 Å². The molecule has 1 saturated heterocycles. The topological polar surface area (TPSA) is 48.5 Å². The van der Waals surface area contributed by atoms with Gasteiger partial charge >= 0.3 is 0 Å². The molecule has 0 atom stereocenters. The van der Waals surface area contributed by atoms with Crippen molar-refractivity contribution < 1.29 is 13.6 Å². The number of likely N-dealkylation sites (tertiary alicyclic amines) is 1. The van der Waals surface area contributed by atoms with E-state index in [2.05, 4.69) is 10.3 Å². The maximum atomic E-state index is 12.4. The molecule has 0 radical (unpaired) electrons. The van der Waals surface area contributed by atoms with Gasteiger partial charge in [0.25, 0.3) is 12.3 Å². The molecule has 1 amide bonds. The van der Waals surface area contributed by atoms with Gasteiger partial charge in [-0.15, -0.1) is 0 Å². The third kappa shape index (κ3) is 5.28. The van der Waals surface area contributed by atoms with Gasteiger partial charge in [0, 0.05) is 38.8 Å². The van der Waals surface area contributed by atoms with Gasteiger partial charge in [-0.1, -0.05) is 11.6 Å². The monoisotopic (exact) mass is 346 g/mol. The van der Waals surface area contributed by atoms with Crippen molar-refractivity contribution >= 4 is 23.3 Å². The molecule has 128 valence electrons. The van der Waals surface area contributed by atoms with Gasteiger partial charge in [-0.3, -0.25) is 9.69 Å². The lowest BCUT2D eigenvalue weighted by atomic mass is 10.0. The van der Waals surface area contributed by atoms with Gasteiger partial charge in [0.1, 0.15) is 11.0 Å². The van der Waals surface area contributed by atoms with Crippen LogP contribution in [0.5, 0.6) is 0 Å².